The van der Waals surface area contributed by atoms with E-state index in [-0.39, 0.29) is 0 Å². The van der Waals surface area contributed by atoms with Crippen molar-refractivity contribution < 1.29 is 0 Å². The molecule has 0 unspecified atom stereocenters. The van der Waals surface area contributed by atoms with Crippen molar-refractivity contribution >= 4 is 114 Å². The maximum Gasteiger partial charge on any atom is 0.0963 e. The first-order valence-electron chi connectivity index (χ1n) is 37.4. The SMILES string of the molecule is Brc1ccc2c(c1)c1ncccc1n2-c1ccc(-c2cc(-c3ccccc3)cc(-c3ccccc3)n2)cc1.Brc1ccc2c(c1)c1ncccc1n2-c1ccc(-c2cc(-c3ccccc3)nc(-c3ccccc3)c2)cc1.Brc1ccc2c(c1)c1ncccc1n2-c1ccc(-c2cc(-c3ccccn3)cc(-c3ccccn3)c2)cc1. The first-order chi connectivity index (χ1) is 56.2. The van der Waals surface area contributed by atoms with Crippen molar-refractivity contribution in [1.82, 2.24) is 48.6 Å². The van der Waals surface area contributed by atoms with E-state index in [1.54, 1.807) is 0 Å². The standard InChI is InChI=1S/2C34H22BrN3.C33H21BrN4/c35-27-15-18-32-29(22-27)34-33(12-7-19-36-34)38(32)28-16-13-23(14-17-28)26-20-30(24-8-3-1-4-9-24)37-31(21-26)25-10-5-2-6-11-25;35-27-15-18-32-29(22-27)34-33(12-7-19-36-34)38(32)28-16-13-25(14-17-28)31-21-26(23-8-3-1-4-9-23)20-30(37-31)24-10-5-2-6-11-24;34-26-11-14-31-28(21-26)33-32(8-5-17-37-33)38(31)27-12-9-22(10-13-27)23-18-24(29-6-1-3-15-35-29)20-25(19-23)30-7-2-4-16-36-30/h2*1-22H;1-21H. The van der Waals surface area contributed by atoms with Gasteiger partial charge in [0.05, 0.1) is 83.8 Å². The zero-order chi connectivity index (χ0) is 76.4. The zero-order valence-corrected chi connectivity index (χ0v) is 65.9. The summed E-state index contributed by atoms with van der Waals surface area (Å²) in [5.74, 6) is 0. The lowest BCUT2D eigenvalue weighted by molar-refractivity contribution is 1.17. The number of halogens is 3. The molecule has 0 aliphatic rings. The zero-order valence-electron chi connectivity index (χ0n) is 61.1. The fourth-order valence-corrected chi connectivity index (χ4v) is 16.3. The van der Waals surface area contributed by atoms with Gasteiger partial charge in [-0.2, -0.15) is 0 Å². The maximum atomic E-state index is 5.08. The molecular formula is C101H65Br3N10. The Morgan fingerprint density at radius 1 is 0.175 bits per heavy atom. The number of hydrogen-bond acceptors (Lipinski definition) is 7. The number of aromatic nitrogens is 10. The summed E-state index contributed by atoms with van der Waals surface area (Å²) in [7, 11) is 0. The van der Waals surface area contributed by atoms with E-state index in [0.717, 1.165) is 192 Å². The molecule has 540 valence electrons. The summed E-state index contributed by atoms with van der Waals surface area (Å²) in [4.78, 5) is 33.4. The molecular weight excluding hydrogens is 1590 g/mol. The second-order valence-electron chi connectivity index (χ2n) is 27.7. The van der Waals surface area contributed by atoms with Crippen LogP contribution in [0.5, 0.6) is 0 Å². The minimum absolute atomic E-state index is 0.937. The van der Waals surface area contributed by atoms with Gasteiger partial charge < -0.3 is 13.7 Å². The Labute approximate surface area is 683 Å². The minimum atomic E-state index is 0.937. The smallest absolute Gasteiger partial charge is 0.0963 e. The number of benzene rings is 11. The Hall–Kier alpha value is -13.7. The van der Waals surface area contributed by atoms with Crippen molar-refractivity contribution in [2.45, 2.75) is 0 Å². The second kappa shape index (κ2) is 31.2. The molecule has 0 bridgehead atoms. The molecule has 0 aliphatic heterocycles. The molecule has 0 radical (unpaired) electrons. The van der Waals surface area contributed by atoms with Crippen LogP contribution in [0.2, 0.25) is 0 Å². The third-order valence-electron chi connectivity index (χ3n) is 20.6. The van der Waals surface area contributed by atoms with E-state index in [9.17, 15) is 0 Å². The summed E-state index contributed by atoms with van der Waals surface area (Å²) in [6.45, 7) is 0. The van der Waals surface area contributed by atoms with Gasteiger partial charge in [-0.1, -0.05) is 218 Å². The van der Waals surface area contributed by atoms with Crippen LogP contribution >= 0.6 is 47.8 Å². The predicted molar refractivity (Wildman–Crippen MR) is 479 cm³/mol. The fourth-order valence-electron chi connectivity index (χ4n) is 15.2. The molecule has 13 heteroatoms. The van der Waals surface area contributed by atoms with Crippen LogP contribution in [0.15, 0.2) is 408 Å². The van der Waals surface area contributed by atoms with Crippen molar-refractivity contribution in [2.24, 2.45) is 0 Å². The molecule has 0 amide bonds. The Kier molecular flexibility index (Phi) is 19.4. The van der Waals surface area contributed by atoms with E-state index in [1.807, 2.05) is 110 Å². The quantitative estimate of drug-likeness (QED) is 0.120. The van der Waals surface area contributed by atoms with Crippen LogP contribution in [-0.2, 0) is 0 Å². The summed E-state index contributed by atoms with van der Waals surface area (Å²) < 4.78 is 9.97. The summed E-state index contributed by atoms with van der Waals surface area (Å²) in [5, 5.41) is 3.39. The minimum Gasteiger partial charge on any atom is -0.308 e. The van der Waals surface area contributed by atoms with E-state index < -0.39 is 0 Å². The van der Waals surface area contributed by atoms with Gasteiger partial charge in [0.1, 0.15) is 0 Å². The molecule has 10 aromatic heterocycles. The van der Waals surface area contributed by atoms with Crippen LogP contribution < -0.4 is 0 Å². The van der Waals surface area contributed by atoms with Gasteiger partial charge >= 0.3 is 0 Å². The van der Waals surface area contributed by atoms with E-state index in [0.29, 0.717) is 0 Å². The van der Waals surface area contributed by atoms with Crippen LogP contribution in [0.1, 0.15) is 0 Å². The number of hydrogen-bond donors (Lipinski definition) is 0. The number of fused-ring (bicyclic) bond motifs is 9. The Bertz CT molecular complexity index is 6230. The lowest BCUT2D eigenvalue weighted by Crippen LogP contribution is -1.95. The lowest BCUT2D eigenvalue weighted by Gasteiger charge is -2.12. The number of pyridine rings is 7. The normalized spacial score (nSPS) is 11.3. The molecule has 0 aliphatic carbocycles. The molecule has 0 fully saturated rings. The van der Waals surface area contributed by atoms with Crippen LogP contribution in [0, 0.1) is 0 Å². The van der Waals surface area contributed by atoms with E-state index in [1.165, 1.54) is 5.56 Å². The van der Waals surface area contributed by atoms with Gasteiger partial charge in [0.2, 0.25) is 0 Å². The highest BCUT2D eigenvalue weighted by molar-refractivity contribution is 9.11. The highest BCUT2D eigenvalue weighted by Crippen LogP contribution is 2.40. The first-order valence-corrected chi connectivity index (χ1v) is 39.8. The monoisotopic (exact) mass is 1650 g/mol. The second-order valence-corrected chi connectivity index (χ2v) is 30.4. The van der Waals surface area contributed by atoms with E-state index in [2.05, 4.69) is 367 Å². The third-order valence-corrected chi connectivity index (χ3v) is 22.1. The molecule has 0 N–H and O–H groups in total. The molecule has 10 heterocycles. The number of nitrogens with zero attached hydrogens (tertiary/aromatic N) is 10. The van der Waals surface area contributed by atoms with Gasteiger partial charge in [0, 0.05) is 111 Å². The summed E-state index contributed by atoms with van der Waals surface area (Å²) in [6, 6.07) is 126. The third kappa shape index (κ3) is 14.2. The average molecular weight is 1660 g/mol. The molecule has 0 saturated heterocycles. The molecule has 0 saturated carbocycles. The van der Waals surface area contributed by atoms with Gasteiger partial charge in [-0.05, 0) is 228 Å². The molecule has 21 rings (SSSR count). The molecule has 114 heavy (non-hydrogen) atoms. The van der Waals surface area contributed by atoms with Crippen LogP contribution in [0.4, 0.5) is 0 Å². The van der Waals surface area contributed by atoms with Crippen LogP contribution in [0.3, 0.4) is 0 Å². The summed E-state index contributed by atoms with van der Waals surface area (Å²) >= 11 is 10.9. The molecule has 21 aromatic rings. The van der Waals surface area contributed by atoms with Crippen molar-refractivity contribution in [3.63, 3.8) is 0 Å². The Morgan fingerprint density at radius 3 is 0.772 bits per heavy atom. The highest BCUT2D eigenvalue weighted by atomic mass is 79.9. The fraction of sp³-hybridized carbons (Fsp3) is 0. The van der Waals surface area contributed by atoms with Crippen molar-refractivity contribution in [2.75, 3.05) is 0 Å². The molecule has 0 spiro atoms. The van der Waals surface area contributed by atoms with Gasteiger partial charge in [-0.15, -0.1) is 0 Å². The Balaban J connectivity index is 0.000000115. The molecule has 10 nitrogen and oxygen atoms in total. The predicted octanol–water partition coefficient (Wildman–Crippen LogP) is 27.4. The topological polar surface area (TPSA) is 105 Å². The molecule has 0 atom stereocenters. The van der Waals surface area contributed by atoms with Gasteiger partial charge in [-0.3, -0.25) is 24.9 Å². The van der Waals surface area contributed by atoms with Gasteiger partial charge in [0.15, 0.2) is 0 Å². The van der Waals surface area contributed by atoms with Crippen LogP contribution in [0.25, 0.3) is 184 Å². The highest BCUT2D eigenvalue weighted by Gasteiger charge is 2.20. The van der Waals surface area contributed by atoms with Crippen LogP contribution in [-0.4, -0.2) is 48.6 Å². The van der Waals surface area contributed by atoms with Crippen molar-refractivity contribution in [1.29, 1.82) is 0 Å². The maximum absolute atomic E-state index is 5.08. The largest absolute Gasteiger partial charge is 0.308 e. The van der Waals surface area contributed by atoms with Crippen molar-refractivity contribution in [3.8, 4) is 118 Å². The molecule has 11 aromatic carbocycles. The van der Waals surface area contributed by atoms with E-state index in [4.69, 9.17) is 15.0 Å². The summed E-state index contributed by atoms with van der Waals surface area (Å²) in [6.07, 6.45) is 9.22. The summed E-state index contributed by atoms with van der Waals surface area (Å²) in [5.41, 5.74) is 32.0. The van der Waals surface area contributed by atoms with Gasteiger partial charge in [-0.25, -0.2) is 9.97 Å². The van der Waals surface area contributed by atoms with Gasteiger partial charge in [0.25, 0.3) is 0 Å². The lowest BCUT2D eigenvalue weighted by atomic mass is 9.96. The Morgan fingerprint density at radius 2 is 0.447 bits per heavy atom. The first kappa shape index (κ1) is 70.7. The number of rotatable bonds is 12. The van der Waals surface area contributed by atoms with Crippen molar-refractivity contribution in [3.05, 3.63) is 408 Å². The average Bonchev–Trinajstić information content (AvgIpc) is 1.59. The van der Waals surface area contributed by atoms with E-state index >= 15 is 0 Å².